The Hall–Kier alpha value is -0.970. The molecular weight excluding hydrogens is 287 g/mol. The zero-order valence-corrected chi connectivity index (χ0v) is 12.5. The minimum atomic E-state index is -0.171. The van der Waals surface area contributed by atoms with E-state index < -0.39 is 0 Å². The van der Waals surface area contributed by atoms with Gasteiger partial charge >= 0.3 is 0 Å². The molecule has 0 saturated carbocycles. The molecule has 0 bridgehead atoms. The van der Waals surface area contributed by atoms with E-state index in [9.17, 15) is 4.79 Å². The maximum atomic E-state index is 11.6. The topological polar surface area (TPSA) is 50.4 Å². The van der Waals surface area contributed by atoms with E-state index in [1.54, 1.807) is 18.2 Å². The molecule has 0 radical (unpaired) electrons. The van der Waals surface area contributed by atoms with E-state index in [1.807, 2.05) is 13.8 Å². The van der Waals surface area contributed by atoms with Gasteiger partial charge in [0.25, 0.3) is 5.91 Å². The van der Waals surface area contributed by atoms with Crippen LogP contribution in [0.1, 0.15) is 13.8 Å². The number of amides is 1. The van der Waals surface area contributed by atoms with Crippen molar-refractivity contribution in [2.75, 3.05) is 19.7 Å². The highest BCUT2D eigenvalue weighted by Crippen LogP contribution is 2.26. The van der Waals surface area contributed by atoms with Crippen molar-refractivity contribution >= 4 is 29.1 Å². The fourth-order valence-corrected chi connectivity index (χ4v) is 1.74. The highest BCUT2D eigenvalue weighted by atomic mass is 35.5. The number of likely N-dealkylation sites (N-methyl/N-ethyl adjacent to an activating group) is 1. The van der Waals surface area contributed by atoms with Gasteiger partial charge in [-0.1, -0.05) is 30.1 Å². The standard InChI is InChI=1S/C13H18Cl2N2O2/c1-3-16-9(2)7-17-13(18)8-19-10-4-5-11(14)12(15)6-10/h4-6,9,16H,3,7-8H2,1-2H3,(H,17,18)/t9-/m1/s1. The van der Waals surface area contributed by atoms with Crippen LogP contribution < -0.4 is 15.4 Å². The molecule has 19 heavy (non-hydrogen) atoms. The van der Waals surface area contributed by atoms with Crippen LogP contribution in [0, 0.1) is 0 Å². The van der Waals surface area contributed by atoms with Crippen molar-refractivity contribution in [3.8, 4) is 5.75 Å². The van der Waals surface area contributed by atoms with Crippen LogP contribution in [0.15, 0.2) is 18.2 Å². The predicted octanol–water partition coefficient (Wildman–Crippen LogP) is 2.49. The largest absolute Gasteiger partial charge is 0.484 e. The molecule has 1 aromatic carbocycles. The molecule has 1 aromatic rings. The molecule has 0 aliphatic carbocycles. The molecule has 2 N–H and O–H groups in total. The molecule has 0 aromatic heterocycles. The number of hydrogen-bond acceptors (Lipinski definition) is 3. The van der Waals surface area contributed by atoms with Gasteiger partial charge in [-0.25, -0.2) is 0 Å². The van der Waals surface area contributed by atoms with Gasteiger partial charge in [-0.05, 0) is 25.6 Å². The third-order valence-electron chi connectivity index (χ3n) is 2.42. The molecule has 1 atom stereocenters. The second kappa shape index (κ2) is 8.25. The third kappa shape index (κ3) is 6.14. The predicted molar refractivity (Wildman–Crippen MR) is 78.1 cm³/mol. The fraction of sp³-hybridized carbons (Fsp3) is 0.462. The zero-order chi connectivity index (χ0) is 14.3. The van der Waals surface area contributed by atoms with Crippen molar-refractivity contribution in [3.63, 3.8) is 0 Å². The van der Waals surface area contributed by atoms with Crippen molar-refractivity contribution in [2.24, 2.45) is 0 Å². The van der Waals surface area contributed by atoms with Crippen LogP contribution in [0.3, 0.4) is 0 Å². The molecule has 0 fully saturated rings. The summed E-state index contributed by atoms with van der Waals surface area (Å²) in [5.41, 5.74) is 0. The summed E-state index contributed by atoms with van der Waals surface area (Å²) in [6.07, 6.45) is 0. The highest BCUT2D eigenvalue weighted by molar-refractivity contribution is 6.42. The van der Waals surface area contributed by atoms with E-state index in [0.717, 1.165) is 6.54 Å². The van der Waals surface area contributed by atoms with Crippen molar-refractivity contribution in [1.82, 2.24) is 10.6 Å². The number of carbonyl (C=O) groups excluding carboxylic acids is 1. The average molecular weight is 305 g/mol. The van der Waals surface area contributed by atoms with Gasteiger partial charge in [-0.15, -0.1) is 0 Å². The Morgan fingerprint density at radius 3 is 2.74 bits per heavy atom. The molecule has 1 rings (SSSR count). The number of rotatable bonds is 7. The number of halogens is 2. The molecule has 106 valence electrons. The molecule has 0 unspecified atom stereocenters. The summed E-state index contributed by atoms with van der Waals surface area (Å²) in [5.74, 6) is 0.347. The molecule has 0 heterocycles. The van der Waals surface area contributed by atoms with Gasteiger partial charge in [0.1, 0.15) is 5.75 Å². The summed E-state index contributed by atoms with van der Waals surface area (Å²) in [7, 11) is 0. The average Bonchev–Trinajstić information content (AvgIpc) is 2.38. The van der Waals surface area contributed by atoms with E-state index >= 15 is 0 Å². The molecular formula is C13H18Cl2N2O2. The van der Waals surface area contributed by atoms with E-state index in [2.05, 4.69) is 10.6 Å². The molecule has 1 amide bonds. The third-order valence-corrected chi connectivity index (χ3v) is 3.16. The van der Waals surface area contributed by atoms with Gasteiger partial charge in [-0.3, -0.25) is 4.79 Å². The fourth-order valence-electron chi connectivity index (χ4n) is 1.45. The second-order valence-corrected chi connectivity index (χ2v) is 4.94. The van der Waals surface area contributed by atoms with Crippen LogP contribution in [0.25, 0.3) is 0 Å². The van der Waals surface area contributed by atoms with Crippen LogP contribution in [-0.4, -0.2) is 31.6 Å². The van der Waals surface area contributed by atoms with Crippen LogP contribution in [0.4, 0.5) is 0 Å². The normalized spacial score (nSPS) is 12.0. The number of nitrogens with one attached hydrogen (secondary N) is 2. The maximum absolute atomic E-state index is 11.6. The first-order valence-corrected chi connectivity index (χ1v) is 6.86. The minimum Gasteiger partial charge on any atom is -0.484 e. The highest BCUT2D eigenvalue weighted by Gasteiger charge is 2.06. The smallest absolute Gasteiger partial charge is 0.257 e. The van der Waals surface area contributed by atoms with Crippen LogP contribution >= 0.6 is 23.2 Å². The molecule has 0 aliphatic rings. The zero-order valence-electron chi connectivity index (χ0n) is 11.0. The van der Waals surface area contributed by atoms with Gasteiger partial charge in [0.05, 0.1) is 10.0 Å². The molecule has 0 aliphatic heterocycles. The van der Waals surface area contributed by atoms with Crippen molar-refractivity contribution in [3.05, 3.63) is 28.2 Å². The Kier molecular flexibility index (Phi) is 6.99. The van der Waals surface area contributed by atoms with Gasteiger partial charge in [0, 0.05) is 18.7 Å². The Balaban J connectivity index is 2.31. The van der Waals surface area contributed by atoms with E-state index in [4.69, 9.17) is 27.9 Å². The van der Waals surface area contributed by atoms with Gasteiger partial charge < -0.3 is 15.4 Å². The number of hydrogen-bond donors (Lipinski definition) is 2. The lowest BCUT2D eigenvalue weighted by Crippen LogP contribution is -2.40. The molecule has 4 nitrogen and oxygen atoms in total. The SMILES string of the molecule is CCN[C@H](C)CNC(=O)COc1ccc(Cl)c(Cl)c1. The van der Waals surface area contributed by atoms with E-state index in [-0.39, 0.29) is 18.6 Å². The first kappa shape index (κ1) is 16.1. The molecule has 0 saturated heterocycles. The van der Waals surface area contributed by atoms with Gasteiger partial charge in [0.15, 0.2) is 6.61 Å². The van der Waals surface area contributed by atoms with Gasteiger partial charge in [-0.2, -0.15) is 0 Å². The van der Waals surface area contributed by atoms with Gasteiger partial charge in [0.2, 0.25) is 0 Å². The van der Waals surface area contributed by atoms with Crippen LogP contribution in [0.2, 0.25) is 10.0 Å². The lowest BCUT2D eigenvalue weighted by Gasteiger charge is -2.13. The summed E-state index contributed by atoms with van der Waals surface area (Å²) in [6, 6.07) is 5.12. The first-order chi connectivity index (χ1) is 9.02. The second-order valence-electron chi connectivity index (χ2n) is 4.13. The van der Waals surface area contributed by atoms with Crippen molar-refractivity contribution in [1.29, 1.82) is 0 Å². The monoisotopic (exact) mass is 304 g/mol. The first-order valence-electron chi connectivity index (χ1n) is 6.10. The number of ether oxygens (including phenoxy) is 1. The van der Waals surface area contributed by atoms with Crippen LogP contribution in [0.5, 0.6) is 5.75 Å². The number of carbonyl (C=O) groups is 1. The van der Waals surface area contributed by atoms with Crippen LogP contribution in [-0.2, 0) is 4.79 Å². The summed E-state index contributed by atoms with van der Waals surface area (Å²) in [6.45, 7) is 5.42. The lowest BCUT2D eigenvalue weighted by atomic mass is 10.3. The summed E-state index contributed by atoms with van der Waals surface area (Å²) in [5, 5.41) is 6.84. The Morgan fingerprint density at radius 1 is 1.37 bits per heavy atom. The number of benzene rings is 1. The van der Waals surface area contributed by atoms with Crippen molar-refractivity contribution in [2.45, 2.75) is 19.9 Å². The Labute approximate surface area is 123 Å². The lowest BCUT2D eigenvalue weighted by molar-refractivity contribution is -0.123. The van der Waals surface area contributed by atoms with E-state index in [1.165, 1.54) is 0 Å². The maximum Gasteiger partial charge on any atom is 0.257 e. The quantitative estimate of drug-likeness (QED) is 0.814. The Morgan fingerprint density at radius 2 is 2.11 bits per heavy atom. The summed E-state index contributed by atoms with van der Waals surface area (Å²) in [4.78, 5) is 11.6. The summed E-state index contributed by atoms with van der Waals surface area (Å²) < 4.78 is 5.32. The minimum absolute atomic E-state index is 0.0448. The Bertz CT molecular complexity index is 427. The molecule has 6 heteroatoms. The summed E-state index contributed by atoms with van der Waals surface area (Å²) >= 11 is 11.6. The molecule has 0 spiro atoms. The van der Waals surface area contributed by atoms with E-state index in [0.29, 0.717) is 22.3 Å². The van der Waals surface area contributed by atoms with Crippen molar-refractivity contribution < 1.29 is 9.53 Å².